The molecule has 1 aromatic carbocycles. The van der Waals surface area contributed by atoms with Crippen LogP contribution in [-0.4, -0.2) is 53.1 Å². The van der Waals surface area contributed by atoms with Crippen molar-refractivity contribution in [3.8, 4) is 5.75 Å². The van der Waals surface area contributed by atoms with Crippen LogP contribution < -0.4 is 20.9 Å². The zero-order valence-electron chi connectivity index (χ0n) is 15.8. The Bertz CT molecular complexity index is 949. The molecule has 144 valence electrons. The van der Waals surface area contributed by atoms with Crippen molar-refractivity contribution in [2.45, 2.75) is 19.4 Å². The van der Waals surface area contributed by atoms with Crippen molar-refractivity contribution in [2.75, 3.05) is 31.6 Å². The zero-order valence-corrected chi connectivity index (χ0v) is 15.8. The number of H-pyrrole nitrogens is 1. The molecule has 1 aliphatic heterocycles. The average molecular weight is 372 g/mol. The molecule has 2 heterocycles. The number of amides is 1. The van der Waals surface area contributed by atoms with Crippen LogP contribution in [0.1, 0.15) is 12.5 Å². The molecule has 0 bridgehead atoms. The second kappa shape index (κ2) is 7.69. The van der Waals surface area contributed by atoms with Crippen LogP contribution >= 0.6 is 0 Å². The van der Waals surface area contributed by atoms with Gasteiger partial charge in [-0.05, 0) is 19.1 Å². The lowest BCUT2D eigenvalue weighted by Crippen LogP contribution is -2.54. The molecule has 0 aliphatic carbocycles. The number of anilines is 1. The van der Waals surface area contributed by atoms with E-state index in [1.807, 2.05) is 31.2 Å². The number of carbonyl (C=O) groups excluding carboxylic acids is 1. The van der Waals surface area contributed by atoms with Crippen molar-refractivity contribution in [1.82, 2.24) is 14.5 Å². The molecule has 8 nitrogen and oxygen atoms in total. The Morgan fingerprint density at radius 1 is 1.26 bits per heavy atom. The Balaban J connectivity index is 1.71. The summed E-state index contributed by atoms with van der Waals surface area (Å²) in [4.78, 5) is 42.8. The maximum Gasteiger partial charge on any atom is 0.328 e. The molecule has 8 heteroatoms. The van der Waals surface area contributed by atoms with E-state index >= 15 is 0 Å². The quantitative estimate of drug-likeness (QED) is 0.837. The molecule has 1 aromatic heterocycles. The van der Waals surface area contributed by atoms with Crippen LogP contribution in [0.3, 0.4) is 0 Å². The van der Waals surface area contributed by atoms with E-state index in [9.17, 15) is 14.4 Å². The van der Waals surface area contributed by atoms with Gasteiger partial charge in [-0.15, -0.1) is 0 Å². The first-order chi connectivity index (χ1) is 12.9. The number of hydrogen-bond acceptors (Lipinski definition) is 5. The molecule has 0 spiro atoms. The minimum Gasteiger partial charge on any atom is -0.495 e. The predicted molar refractivity (Wildman–Crippen MR) is 102 cm³/mol. The molecule has 2 aromatic rings. The monoisotopic (exact) mass is 372 g/mol. The van der Waals surface area contributed by atoms with Gasteiger partial charge in [-0.2, -0.15) is 0 Å². The van der Waals surface area contributed by atoms with Crippen molar-refractivity contribution in [3.05, 3.63) is 56.9 Å². The number of para-hydroxylation sites is 2. The zero-order chi connectivity index (χ0) is 19.6. The summed E-state index contributed by atoms with van der Waals surface area (Å²) >= 11 is 0. The number of ether oxygens (including phenoxy) is 1. The summed E-state index contributed by atoms with van der Waals surface area (Å²) in [7, 11) is 3.04. The molecule has 1 aliphatic rings. The van der Waals surface area contributed by atoms with E-state index in [0.29, 0.717) is 25.2 Å². The Kier molecular flexibility index (Phi) is 5.34. The number of piperazine rings is 1. The number of aromatic amines is 1. The number of hydrogen-bond donors (Lipinski definition) is 1. The number of benzene rings is 1. The van der Waals surface area contributed by atoms with Gasteiger partial charge in [0, 0.05) is 44.5 Å². The summed E-state index contributed by atoms with van der Waals surface area (Å²) in [6.45, 7) is 3.90. The van der Waals surface area contributed by atoms with Crippen molar-refractivity contribution in [1.29, 1.82) is 0 Å². The molecule has 3 rings (SSSR count). The van der Waals surface area contributed by atoms with Crippen LogP contribution in [-0.2, 0) is 18.3 Å². The van der Waals surface area contributed by atoms with Crippen molar-refractivity contribution in [3.63, 3.8) is 0 Å². The summed E-state index contributed by atoms with van der Waals surface area (Å²) in [6, 6.07) is 7.81. The second-order valence-corrected chi connectivity index (χ2v) is 6.71. The first kappa shape index (κ1) is 18.8. The minimum absolute atomic E-state index is 0.0113. The Morgan fingerprint density at radius 2 is 2.00 bits per heavy atom. The molecular formula is C19H24N4O4. The number of carbonyl (C=O) groups is 1. The normalized spacial score (nSPS) is 17.1. The van der Waals surface area contributed by atoms with Gasteiger partial charge in [-0.25, -0.2) is 4.79 Å². The fourth-order valence-electron chi connectivity index (χ4n) is 3.44. The van der Waals surface area contributed by atoms with Gasteiger partial charge in [0.15, 0.2) is 0 Å². The van der Waals surface area contributed by atoms with Crippen LogP contribution in [0, 0.1) is 0 Å². The van der Waals surface area contributed by atoms with Gasteiger partial charge in [0.25, 0.3) is 5.56 Å². The minimum atomic E-state index is -0.491. The molecule has 0 radical (unpaired) electrons. The van der Waals surface area contributed by atoms with E-state index in [2.05, 4.69) is 9.88 Å². The summed E-state index contributed by atoms with van der Waals surface area (Å²) in [5.74, 6) is 0.688. The summed E-state index contributed by atoms with van der Waals surface area (Å²) in [5, 5.41) is 0. The van der Waals surface area contributed by atoms with Crippen molar-refractivity contribution >= 4 is 11.6 Å². The van der Waals surface area contributed by atoms with E-state index < -0.39 is 11.2 Å². The van der Waals surface area contributed by atoms with Crippen LogP contribution in [0.4, 0.5) is 5.69 Å². The second-order valence-electron chi connectivity index (χ2n) is 6.71. The first-order valence-corrected chi connectivity index (χ1v) is 8.87. The Labute approximate surface area is 157 Å². The van der Waals surface area contributed by atoms with Gasteiger partial charge in [0.1, 0.15) is 5.75 Å². The third-order valence-corrected chi connectivity index (χ3v) is 4.97. The Hall–Kier alpha value is -3.03. The molecule has 1 amide bonds. The van der Waals surface area contributed by atoms with Gasteiger partial charge < -0.3 is 19.5 Å². The first-order valence-electron chi connectivity index (χ1n) is 8.87. The SMILES string of the molecule is COc1ccccc1N1CCN(C(=O)Cc2c[nH]c(=O)n(C)c2=O)[C@@H](C)C1. The number of nitrogens with one attached hydrogen (secondary N) is 1. The van der Waals surface area contributed by atoms with Gasteiger partial charge >= 0.3 is 5.69 Å². The highest BCUT2D eigenvalue weighted by Crippen LogP contribution is 2.29. The van der Waals surface area contributed by atoms with Crippen LogP contribution in [0.25, 0.3) is 0 Å². The van der Waals surface area contributed by atoms with Gasteiger partial charge in [-0.3, -0.25) is 14.2 Å². The fraction of sp³-hybridized carbons (Fsp3) is 0.421. The molecule has 0 saturated carbocycles. The Morgan fingerprint density at radius 3 is 2.70 bits per heavy atom. The van der Waals surface area contributed by atoms with E-state index in [1.54, 1.807) is 12.0 Å². The predicted octanol–water partition coefficient (Wildman–Crippen LogP) is 0.362. The van der Waals surface area contributed by atoms with E-state index in [-0.39, 0.29) is 18.4 Å². The topological polar surface area (TPSA) is 87.6 Å². The summed E-state index contributed by atoms with van der Waals surface area (Å²) in [6.07, 6.45) is 1.31. The highest BCUT2D eigenvalue weighted by Gasteiger charge is 2.29. The molecule has 1 saturated heterocycles. The van der Waals surface area contributed by atoms with Crippen molar-refractivity contribution < 1.29 is 9.53 Å². The highest BCUT2D eigenvalue weighted by molar-refractivity contribution is 5.79. The molecule has 27 heavy (non-hydrogen) atoms. The third kappa shape index (κ3) is 3.74. The van der Waals surface area contributed by atoms with Crippen LogP contribution in [0.15, 0.2) is 40.1 Å². The number of aromatic nitrogens is 2. The van der Waals surface area contributed by atoms with E-state index in [1.165, 1.54) is 13.2 Å². The van der Waals surface area contributed by atoms with Crippen molar-refractivity contribution in [2.24, 2.45) is 7.05 Å². The van der Waals surface area contributed by atoms with Crippen LogP contribution in [0.5, 0.6) is 5.75 Å². The number of rotatable bonds is 4. The maximum atomic E-state index is 12.7. The summed E-state index contributed by atoms with van der Waals surface area (Å²) in [5.41, 5.74) is 0.373. The van der Waals surface area contributed by atoms with E-state index in [4.69, 9.17) is 4.74 Å². The molecule has 1 fully saturated rings. The molecule has 1 atom stereocenters. The lowest BCUT2D eigenvalue weighted by Gasteiger charge is -2.41. The third-order valence-electron chi connectivity index (χ3n) is 4.97. The van der Waals surface area contributed by atoms with Crippen LogP contribution in [0.2, 0.25) is 0 Å². The fourth-order valence-corrected chi connectivity index (χ4v) is 3.44. The lowest BCUT2D eigenvalue weighted by atomic mass is 10.1. The standard InChI is InChI=1S/C19H24N4O4/c1-13-12-22(15-6-4-5-7-16(15)27-3)8-9-23(13)17(24)10-14-11-20-19(26)21(2)18(14)25/h4-7,11,13H,8-10,12H2,1-3H3,(H,20,26)/t13-/m0/s1. The van der Waals surface area contributed by atoms with Gasteiger partial charge in [0.2, 0.25) is 5.91 Å². The molecular weight excluding hydrogens is 348 g/mol. The highest BCUT2D eigenvalue weighted by atomic mass is 16.5. The van der Waals surface area contributed by atoms with Gasteiger partial charge in [-0.1, -0.05) is 12.1 Å². The molecule has 1 N–H and O–H groups in total. The average Bonchev–Trinajstić information content (AvgIpc) is 2.68. The van der Waals surface area contributed by atoms with E-state index in [0.717, 1.165) is 16.0 Å². The smallest absolute Gasteiger partial charge is 0.328 e. The van der Waals surface area contributed by atoms with Gasteiger partial charge in [0.05, 0.1) is 19.2 Å². The maximum absolute atomic E-state index is 12.7. The summed E-state index contributed by atoms with van der Waals surface area (Å²) < 4.78 is 6.41. The molecule has 0 unspecified atom stereocenters. The number of nitrogens with zero attached hydrogens (tertiary/aromatic N) is 3. The largest absolute Gasteiger partial charge is 0.495 e. The number of methoxy groups -OCH3 is 1. The lowest BCUT2D eigenvalue weighted by molar-refractivity contribution is -0.132.